The highest BCUT2D eigenvalue weighted by atomic mass is 35.5. The molecule has 8 rings (SSSR count). The number of pyridine rings is 2. The third-order valence-corrected chi connectivity index (χ3v) is 13.7. The Morgan fingerprint density at radius 1 is 0.694 bits per heavy atom. The van der Waals surface area contributed by atoms with E-state index in [-0.39, 0.29) is 77.9 Å². The Morgan fingerprint density at radius 2 is 1.27 bits per heavy atom. The van der Waals surface area contributed by atoms with Gasteiger partial charge in [-0.25, -0.2) is 35.6 Å². The summed E-state index contributed by atoms with van der Waals surface area (Å²) in [6.45, 7) is 0.958. The van der Waals surface area contributed by atoms with E-state index in [1.165, 1.54) is 42.9 Å². The van der Waals surface area contributed by atoms with Crippen LogP contribution in [0.2, 0.25) is 5.02 Å². The average molecular weight is 925 g/mol. The Kier molecular flexibility index (Phi) is 10.4. The summed E-state index contributed by atoms with van der Waals surface area (Å²) < 4.78 is 168. The molecular formula is C37H25ClF8N10O4S2. The molecule has 0 unspecified atom stereocenters. The van der Waals surface area contributed by atoms with Gasteiger partial charge in [0.15, 0.2) is 54.0 Å². The van der Waals surface area contributed by atoms with Crippen molar-refractivity contribution in [2.24, 2.45) is 7.05 Å². The summed E-state index contributed by atoms with van der Waals surface area (Å²) in [6, 6.07) is 8.74. The minimum absolute atomic E-state index is 0.0335. The molecule has 14 nitrogen and oxygen atoms in total. The summed E-state index contributed by atoms with van der Waals surface area (Å²) in [5.41, 5.74) is -5.08. The minimum Gasteiger partial charge on any atom is -0.309 e. The Hall–Kier alpha value is -6.01. The zero-order valence-corrected chi connectivity index (χ0v) is 33.9. The zero-order chi connectivity index (χ0) is 44.7. The van der Waals surface area contributed by atoms with Crippen LogP contribution in [0, 0.1) is 0 Å². The smallest absolute Gasteiger partial charge is 0.309 e. The number of imidazole rings is 2. The van der Waals surface area contributed by atoms with Gasteiger partial charge in [0, 0.05) is 70.2 Å². The van der Waals surface area contributed by atoms with Crippen LogP contribution in [0.1, 0.15) is 36.7 Å². The van der Waals surface area contributed by atoms with E-state index in [1.807, 2.05) is 0 Å². The van der Waals surface area contributed by atoms with E-state index in [0.29, 0.717) is 17.5 Å². The lowest BCUT2D eigenvalue weighted by atomic mass is 10.1. The lowest BCUT2D eigenvalue weighted by Gasteiger charge is -2.15. The Morgan fingerprint density at radius 3 is 1.90 bits per heavy atom. The number of fused-ring (bicyclic) bond motifs is 4. The summed E-state index contributed by atoms with van der Waals surface area (Å²) in [5.74, 6) is -1.79. The number of sulfone groups is 2. The molecule has 25 heteroatoms. The van der Waals surface area contributed by atoms with Crippen molar-refractivity contribution in [3.05, 3.63) is 82.9 Å². The summed E-state index contributed by atoms with van der Waals surface area (Å²) in [5, 5.41) is 14.4. The van der Waals surface area contributed by atoms with E-state index < -0.39 is 78.3 Å². The molecule has 0 atom stereocenters. The van der Waals surface area contributed by atoms with Gasteiger partial charge in [-0.1, -0.05) is 36.7 Å². The lowest BCUT2D eigenvalue weighted by molar-refractivity contribution is -0.142. The van der Waals surface area contributed by atoms with Gasteiger partial charge in [0.1, 0.15) is 32.2 Å². The van der Waals surface area contributed by atoms with Crippen LogP contribution in [0.3, 0.4) is 0 Å². The highest BCUT2D eigenvalue weighted by Crippen LogP contribution is 2.39. The number of benzene rings is 2. The van der Waals surface area contributed by atoms with Crippen molar-refractivity contribution < 1.29 is 52.0 Å². The molecule has 0 spiro atoms. The van der Waals surface area contributed by atoms with Crippen molar-refractivity contribution in [2.45, 2.75) is 48.5 Å². The van der Waals surface area contributed by atoms with Crippen LogP contribution in [-0.4, -0.2) is 77.8 Å². The Balaban J connectivity index is 1.27. The average Bonchev–Trinajstić information content (AvgIpc) is 3.74. The molecule has 0 aliphatic carbocycles. The van der Waals surface area contributed by atoms with Crippen molar-refractivity contribution in [1.82, 2.24) is 49.5 Å². The summed E-state index contributed by atoms with van der Waals surface area (Å²) in [4.78, 5) is 16.3. The van der Waals surface area contributed by atoms with Crippen LogP contribution in [-0.2, 0) is 45.6 Å². The maximum atomic E-state index is 14.6. The maximum absolute atomic E-state index is 14.6. The summed E-state index contributed by atoms with van der Waals surface area (Å²) >= 11 is 6.25. The van der Waals surface area contributed by atoms with E-state index in [2.05, 4.69) is 40.3 Å². The normalized spacial score (nSPS) is 13.1. The highest BCUT2D eigenvalue weighted by Gasteiger charge is 2.36. The second-order valence-electron chi connectivity index (χ2n) is 13.8. The lowest BCUT2D eigenvalue weighted by Crippen LogP contribution is -2.15. The largest absolute Gasteiger partial charge is 0.435 e. The second kappa shape index (κ2) is 15.1. The number of hydrogen-bond donors (Lipinski definition) is 0. The first-order valence-electron chi connectivity index (χ1n) is 17.9. The predicted octanol–water partition coefficient (Wildman–Crippen LogP) is 8.22. The molecule has 0 fully saturated rings. The van der Waals surface area contributed by atoms with Crippen LogP contribution in [0.15, 0.2) is 70.7 Å². The van der Waals surface area contributed by atoms with E-state index in [4.69, 9.17) is 11.6 Å². The molecule has 0 N–H and O–H groups in total. The molecule has 0 amide bonds. The first-order valence-corrected chi connectivity index (χ1v) is 21.6. The summed E-state index contributed by atoms with van der Waals surface area (Å²) in [7, 11) is -7.48. The Bertz CT molecular complexity index is 3360. The first-order chi connectivity index (χ1) is 29.1. The molecule has 6 aromatic heterocycles. The molecule has 0 saturated heterocycles. The van der Waals surface area contributed by atoms with Crippen LogP contribution in [0.25, 0.3) is 66.9 Å². The molecule has 322 valence electrons. The quantitative estimate of drug-likeness (QED) is 0.120. The van der Waals surface area contributed by atoms with E-state index >= 15 is 0 Å². The zero-order valence-electron chi connectivity index (χ0n) is 31.5. The van der Waals surface area contributed by atoms with Gasteiger partial charge in [-0.05, 0) is 24.6 Å². The van der Waals surface area contributed by atoms with Crippen LogP contribution in [0.4, 0.5) is 35.1 Å². The monoisotopic (exact) mass is 924 g/mol. The molecule has 8 aromatic rings. The van der Waals surface area contributed by atoms with Crippen LogP contribution in [0.5, 0.6) is 0 Å². The van der Waals surface area contributed by atoms with Crippen molar-refractivity contribution >= 4 is 75.1 Å². The maximum Gasteiger partial charge on any atom is 0.435 e. The number of aryl methyl sites for hydroxylation is 2. The summed E-state index contributed by atoms with van der Waals surface area (Å²) in [6.07, 6.45) is -10.8. The fraction of sp³-hybridized carbons (Fsp3) is 0.243. The van der Waals surface area contributed by atoms with Gasteiger partial charge in [-0.3, -0.25) is 9.97 Å². The number of halogens is 9. The van der Waals surface area contributed by atoms with Crippen molar-refractivity contribution in [1.29, 1.82) is 0 Å². The highest BCUT2D eigenvalue weighted by molar-refractivity contribution is 7.92. The van der Waals surface area contributed by atoms with Gasteiger partial charge in [0.05, 0.1) is 11.5 Å². The molecule has 0 saturated carbocycles. The molecule has 62 heavy (non-hydrogen) atoms. The van der Waals surface area contributed by atoms with Gasteiger partial charge in [0.25, 0.3) is 6.43 Å². The van der Waals surface area contributed by atoms with Gasteiger partial charge < -0.3 is 9.13 Å². The van der Waals surface area contributed by atoms with E-state index in [1.54, 1.807) is 0 Å². The topological polar surface area (TPSA) is 181 Å². The first kappa shape index (κ1) is 42.7. The molecule has 0 aliphatic heterocycles. The minimum atomic E-state index is -4.96. The molecule has 0 radical (unpaired) electrons. The SMILES string of the molecule is CCS(=O)(=O)c1c(-c2nc3cc(C(F)(F)F)nnc3n2CCCS(=O)(=O)c2c(-c3nc4cc(C(F)(F)F)nnc4n3C)ncc3cc(C(F)F)ccc23)ncc2ccc(Cl)cc12. The van der Waals surface area contributed by atoms with Gasteiger partial charge in [-0.15, -0.1) is 20.4 Å². The fourth-order valence-electron chi connectivity index (χ4n) is 6.91. The number of nitrogens with zero attached hydrogens (tertiary/aromatic N) is 10. The number of aromatic nitrogens is 10. The molecule has 0 bridgehead atoms. The van der Waals surface area contributed by atoms with Gasteiger partial charge >= 0.3 is 12.4 Å². The predicted molar refractivity (Wildman–Crippen MR) is 207 cm³/mol. The van der Waals surface area contributed by atoms with E-state index in [9.17, 15) is 52.0 Å². The van der Waals surface area contributed by atoms with Gasteiger partial charge in [-0.2, -0.15) is 26.3 Å². The third-order valence-electron chi connectivity index (χ3n) is 9.84. The van der Waals surface area contributed by atoms with E-state index in [0.717, 1.165) is 29.0 Å². The standard InChI is InChI=1S/C37H25ClF8N10O4S2/c1-3-61(57,58)30-22-12-20(38)7-5-18(22)15-47-28(30)35-50-24-14-26(37(44,45)46)52-54-33(24)56(35)9-4-10-62(59,60)29-21-8-6-17(31(39)40)11-19(21)16-48-27(29)34-49-23-13-25(36(41,42)43)51-53-32(23)55(34)2/h5-8,11-16,31H,3-4,9-10H2,1-2H3. The number of rotatable bonds is 10. The van der Waals surface area contributed by atoms with Crippen molar-refractivity contribution in [3.63, 3.8) is 0 Å². The number of alkyl halides is 8. The second-order valence-corrected chi connectivity index (χ2v) is 18.5. The van der Waals surface area contributed by atoms with Crippen LogP contribution >= 0.6 is 11.6 Å². The fourth-order valence-corrected chi connectivity index (χ4v) is 9.99. The molecule has 2 aromatic carbocycles. The third kappa shape index (κ3) is 7.52. The Labute approximate surface area is 348 Å². The molecule has 0 aliphatic rings. The number of hydrogen-bond acceptors (Lipinski definition) is 12. The molecule has 6 heterocycles. The van der Waals surface area contributed by atoms with Crippen LogP contribution < -0.4 is 0 Å². The van der Waals surface area contributed by atoms with Crippen molar-refractivity contribution in [2.75, 3.05) is 11.5 Å². The van der Waals surface area contributed by atoms with Crippen molar-refractivity contribution in [3.8, 4) is 23.0 Å². The molecular weight excluding hydrogens is 900 g/mol. The van der Waals surface area contributed by atoms with Gasteiger partial charge in [0.2, 0.25) is 0 Å².